The highest BCUT2D eigenvalue weighted by Crippen LogP contribution is 2.26. The number of aromatic nitrogens is 2. The lowest BCUT2D eigenvalue weighted by Gasteiger charge is -2.05. The largest absolute Gasteiger partial charge is 0.444 e. The average Bonchev–Trinajstić information content (AvgIpc) is 3.03. The second kappa shape index (κ2) is 5.79. The number of para-hydroxylation sites is 1. The molecule has 0 fully saturated rings. The Bertz CT molecular complexity index is 693. The Hall–Kier alpha value is -2.95. The number of anilines is 1. The highest BCUT2D eigenvalue weighted by molar-refractivity contribution is 5.81. The van der Waals surface area contributed by atoms with Gasteiger partial charge in [0.25, 0.3) is 0 Å². The van der Waals surface area contributed by atoms with Gasteiger partial charge in [0.05, 0.1) is 23.7 Å². The van der Waals surface area contributed by atoms with E-state index in [2.05, 4.69) is 20.5 Å². The van der Waals surface area contributed by atoms with E-state index in [-0.39, 0.29) is 0 Å². The van der Waals surface area contributed by atoms with Gasteiger partial charge in [-0.2, -0.15) is 5.10 Å². The SMILES string of the molecule is C(=N\Nc1ccccc1-c1ncco1)/c1ccncc1. The van der Waals surface area contributed by atoms with Crippen LogP contribution in [0.15, 0.2) is 70.8 Å². The smallest absolute Gasteiger partial charge is 0.228 e. The van der Waals surface area contributed by atoms with Gasteiger partial charge in [-0.25, -0.2) is 4.98 Å². The van der Waals surface area contributed by atoms with Crippen molar-refractivity contribution in [2.75, 3.05) is 5.43 Å². The van der Waals surface area contributed by atoms with Gasteiger partial charge in [-0.15, -0.1) is 0 Å². The Balaban J connectivity index is 1.80. The molecule has 0 aliphatic heterocycles. The maximum atomic E-state index is 5.31. The summed E-state index contributed by atoms with van der Waals surface area (Å²) in [6.07, 6.45) is 8.34. The Morgan fingerprint density at radius 1 is 1.05 bits per heavy atom. The van der Waals surface area contributed by atoms with Gasteiger partial charge in [0, 0.05) is 12.4 Å². The second-order valence-corrected chi connectivity index (χ2v) is 4.03. The van der Waals surface area contributed by atoms with Crippen molar-refractivity contribution in [2.45, 2.75) is 0 Å². The minimum Gasteiger partial charge on any atom is -0.444 e. The number of nitrogens with one attached hydrogen (secondary N) is 1. The van der Waals surface area contributed by atoms with Crippen molar-refractivity contribution in [3.63, 3.8) is 0 Å². The summed E-state index contributed by atoms with van der Waals surface area (Å²) in [7, 11) is 0. The molecule has 3 aromatic rings. The molecule has 3 rings (SSSR count). The minimum absolute atomic E-state index is 0.562. The van der Waals surface area contributed by atoms with E-state index in [4.69, 9.17) is 4.42 Å². The van der Waals surface area contributed by atoms with Gasteiger partial charge < -0.3 is 4.42 Å². The molecule has 0 bridgehead atoms. The summed E-state index contributed by atoms with van der Waals surface area (Å²) in [5.74, 6) is 0.562. The van der Waals surface area contributed by atoms with E-state index in [9.17, 15) is 0 Å². The van der Waals surface area contributed by atoms with Crippen molar-refractivity contribution in [3.05, 3.63) is 66.8 Å². The summed E-state index contributed by atoms with van der Waals surface area (Å²) in [4.78, 5) is 8.10. The number of nitrogens with zero attached hydrogens (tertiary/aromatic N) is 3. The zero-order chi connectivity index (χ0) is 13.6. The normalized spacial score (nSPS) is 10.8. The maximum Gasteiger partial charge on any atom is 0.228 e. The molecule has 0 aliphatic rings. The van der Waals surface area contributed by atoms with Crippen LogP contribution in [0.5, 0.6) is 0 Å². The Morgan fingerprint density at radius 3 is 2.70 bits per heavy atom. The molecule has 0 saturated heterocycles. The first-order valence-corrected chi connectivity index (χ1v) is 6.11. The van der Waals surface area contributed by atoms with E-state index in [1.165, 1.54) is 0 Å². The number of pyridine rings is 1. The zero-order valence-electron chi connectivity index (χ0n) is 10.6. The molecule has 20 heavy (non-hydrogen) atoms. The fourth-order valence-electron chi connectivity index (χ4n) is 1.75. The molecule has 0 radical (unpaired) electrons. The lowest BCUT2D eigenvalue weighted by molar-refractivity contribution is 0.575. The van der Waals surface area contributed by atoms with Crippen LogP contribution in [0.4, 0.5) is 5.69 Å². The third-order valence-corrected chi connectivity index (χ3v) is 2.69. The standard InChI is InChI=1S/C15H12N4O/c1-2-4-14(13(3-1)15-17-9-10-20-15)19-18-11-12-5-7-16-8-6-12/h1-11,19H/b18-11+. The molecule has 0 spiro atoms. The molecule has 0 aliphatic carbocycles. The predicted molar refractivity (Wildman–Crippen MR) is 77.4 cm³/mol. The fraction of sp³-hybridized carbons (Fsp3) is 0. The van der Waals surface area contributed by atoms with Crippen LogP contribution < -0.4 is 5.43 Å². The van der Waals surface area contributed by atoms with Crippen LogP contribution in [0.2, 0.25) is 0 Å². The minimum atomic E-state index is 0.562. The van der Waals surface area contributed by atoms with Crippen molar-refractivity contribution in [1.82, 2.24) is 9.97 Å². The van der Waals surface area contributed by atoms with Crippen LogP contribution >= 0.6 is 0 Å². The lowest BCUT2D eigenvalue weighted by Crippen LogP contribution is -1.93. The third kappa shape index (κ3) is 2.72. The summed E-state index contributed by atoms with van der Waals surface area (Å²) in [5, 5.41) is 4.21. The number of hydrogen-bond acceptors (Lipinski definition) is 5. The molecule has 0 unspecified atom stereocenters. The molecule has 0 atom stereocenters. The molecule has 1 aromatic carbocycles. The van der Waals surface area contributed by atoms with Crippen molar-refractivity contribution < 1.29 is 4.42 Å². The van der Waals surface area contributed by atoms with E-state index in [0.717, 1.165) is 16.8 Å². The highest BCUT2D eigenvalue weighted by Gasteiger charge is 2.07. The predicted octanol–water partition coefficient (Wildman–Crippen LogP) is 3.18. The first kappa shape index (κ1) is 12.1. The van der Waals surface area contributed by atoms with Crippen LogP contribution in [0.25, 0.3) is 11.5 Å². The van der Waals surface area contributed by atoms with E-state index >= 15 is 0 Å². The molecular formula is C15H12N4O. The van der Waals surface area contributed by atoms with Crippen LogP contribution in [-0.4, -0.2) is 16.2 Å². The monoisotopic (exact) mass is 264 g/mol. The molecule has 5 heteroatoms. The molecule has 1 N–H and O–H groups in total. The summed E-state index contributed by atoms with van der Waals surface area (Å²) < 4.78 is 5.31. The van der Waals surface area contributed by atoms with Crippen molar-refractivity contribution >= 4 is 11.9 Å². The van der Waals surface area contributed by atoms with Crippen LogP contribution in [-0.2, 0) is 0 Å². The molecule has 2 heterocycles. The van der Waals surface area contributed by atoms with E-state index in [0.29, 0.717) is 5.89 Å². The number of benzene rings is 1. The van der Waals surface area contributed by atoms with Crippen molar-refractivity contribution in [2.24, 2.45) is 5.10 Å². The Labute approximate surface area is 116 Å². The third-order valence-electron chi connectivity index (χ3n) is 2.69. The number of hydrazone groups is 1. The molecule has 0 saturated carbocycles. The molecular weight excluding hydrogens is 252 g/mol. The van der Waals surface area contributed by atoms with Crippen LogP contribution in [0.3, 0.4) is 0 Å². The van der Waals surface area contributed by atoms with Gasteiger partial charge in [-0.3, -0.25) is 10.4 Å². The van der Waals surface area contributed by atoms with Gasteiger partial charge in [0.1, 0.15) is 6.26 Å². The lowest BCUT2D eigenvalue weighted by atomic mass is 10.2. The van der Waals surface area contributed by atoms with E-state index in [1.807, 2.05) is 36.4 Å². The van der Waals surface area contributed by atoms with E-state index in [1.54, 1.807) is 31.1 Å². The van der Waals surface area contributed by atoms with Crippen molar-refractivity contribution in [3.8, 4) is 11.5 Å². The second-order valence-electron chi connectivity index (χ2n) is 4.03. The fourth-order valence-corrected chi connectivity index (χ4v) is 1.75. The molecule has 98 valence electrons. The van der Waals surface area contributed by atoms with Gasteiger partial charge in [0.15, 0.2) is 0 Å². The van der Waals surface area contributed by atoms with Crippen LogP contribution in [0, 0.1) is 0 Å². The van der Waals surface area contributed by atoms with Gasteiger partial charge in [-0.05, 0) is 29.8 Å². The molecule has 2 aromatic heterocycles. The summed E-state index contributed by atoms with van der Waals surface area (Å²) in [6, 6.07) is 11.5. The highest BCUT2D eigenvalue weighted by atomic mass is 16.3. The first-order chi connectivity index (χ1) is 9.93. The number of rotatable bonds is 4. The Morgan fingerprint density at radius 2 is 1.90 bits per heavy atom. The topological polar surface area (TPSA) is 63.3 Å². The summed E-state index contributed by atoms with van der Waals surface area (Å²) in [5.41, 5.74) is 5.67. The van der Waals surface area contributed by atoms with Crippen molar-refractivity contribution in [1.29, 1.82) is 0 Å². The number of hydrogen-bond donors (Lipinski definition) is 1. The summed E-state index contributed by atoms with van der Waals surface area (Å²) >= 11 is 0. The maximum absolute atomic E-state index is 5.31. The van der Waals surface area contributed by atoms with Crippen LogP contribution in [0.1, 0.15) is 5.56 Å². The molecule has 0 amide bonds. The number of oxazole rings is 1. The first-order valence-electron chi connectivity index (χ1n) is 6.11. The molecule has 5 nitrogen and oxygen atoms in total. The summed E-state index contributed by atoms with van der Waals surface area (Å²) in [6.45, 7) is 0. The average molecular weight is 264 g/mol. The van der Waals surface area contributed by atoms with Gasteiger partial charge in [-0.1, -0.05) is 12.1 Å². The quantitative estimate of drug-likeness (QED) is 0.580. The Kier molecular flexibility index (Phi) is 3.51. The van der Waals surface area contributed by atoms with Gasteiger partial charge in [0.2, 0.25) is 5.89 Å². The van der Waals surface area contributed by atoms with Gasteiger partial charge >= 0.3 is 0 Å². The zero-order valence-corrected chi connectivity index (χ0v) is 10.6. The van der Waals surface area contributed by atoms with E-state index < -0.39 is 0 Å².